The van der Waals surface area contributed by atoms with Crippen LogP contribution in [0.15, 0.2) is 78.9 Å². The Bertz CT molecular complexity index is 790. The van der Waals surface area contributed by atoms with Crippen molar-refractivity contribution in [2.45, 2.75) is 26.1 Å². The van der Waals surface area contributed by atoms with Crippen LogP contribution in [0.5, 0.6) is 5.75 Å². The molecule has 3 heteroatoms. The summed E-state index contributed by atoms with van der Waals surface area (Å²) in [6.07, 6.45) is 0. The van der Waals surface area contributed by atoms with E-state index in [1.165, 1.54) is 5.56 Å². The average Bonchev–Trinajstić information content (AvgIpc) is 2.67. The second kappa shape index (κ2) is 8.70. The van der Waals surface area contributed by atoms with Crippen LogP contribution in [0.2, 0.25) is 5.02 Å². The molecule has 128 valence electrons. The molecule has 0 heterocycles. The van der Waals surface area contributed by atoms with Gasteiger partial charge in [0.1, 0.15) is 12.4 Å². The monoisotopic (exact) mass is 351 g/mol. The van der Waals surface area contributed by atoms with Gasteiger partial charge in [-0.3, -0.25) is 0 Å². The van der Waals surface area contributed by atoms with Crippen LogP contribution in [-0.4, -0.2) is 0 Å². The standard InChI is InChI=1S/C22H22ClNO/c1-17(19-10-6-3-7-11-19)24-15-20-14-21(23)12-13-22(20)25-16-18-8-4-2-5-9-18/h2-14,17,24H,15-16H2,1H3/t17-/m0/s1. The summed E-state index contributed by atoms with van der Waals surface area (Å²) in [5.41, 5.74) is 3.47. The van der Waals surface area contributed by atoms with E-state index in [1.54, 1.807) is 0 Å². The highest BCUT2D eigenvalue weighted by molar-refractivity contribution is 6.30. The molecule has 25 heavy (non-hydrogen) atoms. The second-order valence-electron chi connectivity index (χ2n) is 6.04. The van der Waals surface area contributed by atoms with Gasteiger partial charge in [-0.1, -0.05) is 72.3 Å². The third-order valence-electron chi connectivity index (χ3n) is 4.16. The van der Waals surface area contributed by atoms with Gasteiger partial charge in [-0.05, 0) is 36.2 Å². The van der Waals surface area contributed by atoms with E-state index >= 15 is 0 Å². The first-order valence-electron chi connectivity index (χ1n) is 8.46. The Balaban J connectivity index is 1.66. The van der Waals surface area contributed by atoms with Crippen LogP contribution >= 0.6 is 11.6 Å². The molecule has 3 rings (SSSR count). The Morgan fingerprint density at radius 3 is 2.32 bits per heavy atom. The van der Waals surface area contributed by atoms with Gasteiger partial charge in [-0.2, -0.15) is 0 Å². The molecule has 3 aromatic rings. The lowest BCUT2D eigenvalue weighted by Gasteiger charge is -2.17. The Kier molecular flexibility index (Phi) is 6.10. The van der Waals surface area contributed by atoms with Gasteiger partial charge >= 0.3 is 0 Å². The lowest BCUT2D eigenvalue weighted by atomic mass is 10.1. The van der Waals surface area contributed by atoms with Crippen molar-refractivity contribution < 1.29 is 4.74 Å². The van der Waals surface area contributed by atoms with Crippen LogP contribution in [0, 0.1) is 0 Å². The highest BCUT2D eigenvalue weighted by atomic mass is 35.5. The van der Waals surface area contributed by atoms with E-state index in [2.05, 4.69) is 48.6 Å². The van der Waals surface area contributed by atoms with Crippen molar-refractivity contribution >= 4 is 11.6 Å². The lowest BCUT2D eigenvalue weighted by Crippen LogP contribution is -2.18. The Morgan fingerprint density at radius 2 is 1.60 bits per heavy atom. The van der Waals surface area contributed by atoms with Crippen molar-refractivity contribution in [2.75, 3.05) is 0 Å². The molecule has 1 N–H and O–H groups in total. The van der Waals surface area contributed by atoms with Crippen molar-refractivity contribution in [1.29, 1.82) is 0 Å². The fourth-order valence-electron chi connectivity index (χ4n) is 2.68. The second-order valence-corrected chi connectivity index (χ2v) is 6.48. The van der Waals surface area contributed by atoms with E-state index in [1.807, 2.05) is 42.5 Å². The van der Waals surface area contributed by atoms with Crippen LogP contribution in [0.3, 0.4) is 0 Å². The molecule has 0 aliphatic heterocycles. The number of benzene rings is 3. The number of hydrogen-bond acceptors (Lipinski definition) is 2. The zero-order valence-electron chi connectivity index (χ0n) is 14.3. The highest BCUT2D eigenvalue weighted by Gasteiger charge is 2.09. The smallest absolute Gasteiger partial charge is 0.124 e. The first-order chi connectivity index (χ1) is 12.2. The summed E-state index contributed by atoms with van der Waals surface area (Å²) in [5.74, 6) is 0.862. The molecule has 0 spiro atoms. The molecular weight excluding hydrogens is 330 g/mol. The summed E-state index contributed by atoms with van der Waals surface area (Å²) in [5, 5.41) is 4.26. The SMILES string of the molecule is C[C@H](NCc1cc(Cl)ccc1OCc1ccccc1)c1ccccc1. The maximum atomic E-state index is 6.18. The molecule has 0 fully saturated rings. The predicted octanol–water partition coefficient (Wildman–Crippen LogP) is 5.77. The Morgan fingerprint density at radius 1 is 0.920 bits per heavy atom. The molecule has 0 aromatic heterocycles. The van der Waals surface area contributed by atoms with Crippen molar-refractivity contribution in [3.63, 3.8) is 0 Å². The summed E-state index contributed by atoms with van der Waals surface area (Å²) >= 11 is 6.18. The van der Waals surface area contributed by atoms with Crippen molar-refractivity contribution in [3.05, 3.63) is 101 Å². The molecule has 1 atom stereocenters. The zero-order valence-corrected chi connectivity index (χ0v) is 15.0. The summed E-state index contributed by atoms with van der Waals surface area (Å²) in [4.78, 5) is 0. The van der Waals surface area contributed by atoms with Gasteiger partial charge in [0.05, 0.1) is 0 Å². The van der Waals surface area contributed by atoms with E-state index in [9.17, 15) is 0 Å². The average molecular weight is 352 g/mol. The molecular formula is C22H22ClNO. The fraction of sp³-hybridized carbons (Fsp3) is 0.182. The van der Waals surface area contributed by atoms with Crippen LogP contribution < -0.4 is 10.1 Å². The number of nitrogens with one attached hydrogen (secondary N) is 1. The summed E-state index contributed by atoms with van der Waals surface area (Å²) in [7, 11) is 0. The van der Waals surface area contributed by atoms with Crippen LogP contribution in [0.25, 0.3) is 0 Å². The molecule has 2 nitrogen and oxygen atoms in total. The summed E-state index contributed by atoms with van der Waals surface area (Å²) < 4.78 is 6.02. The quantitative estimate of drug-likeness (QED) is 0.583. The molecule has 0 unspecified atom stereocenters. The minimum atomic E-state index is 0.252. The molecule has 0 radical (unpaired) electrons. The van der Waals surface area contributed by atoms with Crippen LogP contribution in [0.4, 0.5) is 0 Å². The van der Waals surface area contributed by atoms with Crippen molar-refractivity contribution in [3.8, 4) is 5.75 Å². The van der Waals surface area contributed by atoms with E-state index in [-0.39, 0.29) is 6.04 Å². The number of hydrogen-bond donors (Lipinski definition) is 1. The van der Waals surface area contributed by atoms with Gasteiger partial charge in [-0.15, -0.1) is 0 Å². The highest BCUT2D eigenvalue weighted by Crippen LogP contribution is 2.25. The summed E-state index contributed by atoms with van der Waals surface area (Å²) in [6, 6.07) is 26.6. The van der Waals surface area contributed by atoms with Crippen molar-refractivity contribution in [1.82, 2.24) is 5.32 Å². The molecule has 3 aromatic carbocycles. The van der Waals surface area contributed by atoms with Crippen LogP contribution in [-0.2, 0) is 13.2 Å². The van der Waals surface area contributed by atoms with Gasteiger partial charge in [-0.25, -0.2) is 0 Å². The molecule has 0 saturated heterocycles. The van der Waals surface area contributed by atoms with Gasteiger partial charge in [0.15, 0.2) is 0 Å². The van der Waals surface area contributed by atoms with E-state index in [4.69, 9.17) is 16.3 Å². The molecule has 0 saturated carbocycles. The first-order valence-corrected chi connectivity index (χ1v) is 8.83. The molecule has 0 bridgehead atoms. The molecule has 0 amide bonds. The maximum Gasteiger partial charge on any atom is 0.124 e. The predicted molar refractivity (Wildman–Crippen MR) is 104 cm³/mol. The lowest BCUT2D eigenvalue weighted by molar-refractivity contribution is 0.301. The third-order valence-corrected chi connectivity index (χ3v) is 4.39. The van der Waals surface area contributed by atoms with Crippen LogP contribution in [0.1, 0.15) is 29.7 Å². The normalized spacial score (nSPS) is 11.9. The van der Waals surface area contributed by atoms with Crippen molar-refractivity contribution in [2.24, 2.45) is 0 Å². The maximum absolute atomic E-state index is 6.18. The fourth-order valence-corrected chi connectivity index (χ4v) is 2.88. The van der Waals surface area contributed by atoms with E-state index in [0.717, 1.165) is 21.9 Å². The van der Waals surface area contributed by atoms with Gasteiger partial charge in [0, 0.05) is 23.2 Å². The van der Waals surface area contributed by atoms with Gasteiger partial charge in [0.25, 0.3) is 0 Å². The molecule has 0 aliphatic carbocycles. The van der Waals surface area contributed by atoms with Gasteiger partial charge in [0.2, 0.25) is 0 Å². The summed E-state index contributed by atoms with van der Waals surface area (Å²) in [6.45, 7) is 3.40. The third kappa shape index (κ3) is 5.09. The Labute approximate surface area is 154 Å². The Hall–Kier alpha value is -2.29. The van der Waals surface area contributed by atoms with E-state index in [0.29, 0.717) is 13.2 Å². The topological polar surface area (TPSA) is 21.3 Å². The molecule has 0 aliphatic rings. The van der Waals surface area contributed by atoms with Gasteiger partial charge < -0.3 is 10.1 Å². The van der Waals surface area contributed by atoms with E-state index < -0.39 is 0 Å². The number of halogens is 1. The minimum Gasteiger partial charge on any atom is -0.489 e. The largest absolute Gasteiger partial charge is 0.489 e. The first kappa shape index (κ1) is 17.5. The minimum absolute atomic E-state index is 0.252. The zero-order chi connectivity index (χ0) is 17.5. The number of ether oxygens (including phenoxy) is 1. The number of rotatable bonds is 7.